The lowest BCUT2D eigenvalue weighted by molar-refractivity contribution is -0.384. The highest BCUT2D eigenvalue weighted by Crippen LogP contribution is 2.35. The summed E-state index contributed by atoms with van der Waals surface area (Å²) in [5, 5.41) is 16.9. The molecule has 1 heterocycles. The van der Waals surface area contributed by atoms with Crippen molar-refractivity contribution in [3.05, 3.63) is 83.7 Å². The van der Waals surface area contributed by atoms with Crippen molar-refractivity contribution in [3.63, 3.8) is 0 Å². The molecule has 0 fully saturated rings. The number of anilines is 2. The van der Waals surface area contributed by atoms with Crippen molar-refractivity contribution in [1.29, 1.82) is 0 Å². The van der Waals surface area contributed by atoms with Gasteiger partial charge >= 0.3 is 5.97 Å². The number of esters is 1. The van der Waals surface area contributed by atoms with E-state index in [9.17, 15) is 24.5 Å². The third-order valence-electron chi connectivity index (χ3n) is 4.98. The number of thiophene rings is 1. The second-order valence-corrected chi connectivity index (χ2v) is 9.06. The summed E-state index contributed by atoms with van der Waals surface area (Å²) in [4.78, 5) is 49.2. The van der Waals surface area contributed by atoms with Gasteiger partial charge in [-0.1, -0.05) is 29.3 Å². The van der Waals surface area contributed by atoms with Gasteiger partial charge in [0, 0.05) is 22.3 Å². The number of nitro groups is 1. The number of nitrogens with one attached hydrogen (secondary N) is 2. The molecule has 9 nitrogen and oxygen atoms in total. The zero-order valence-electron chi connectivity index (χ0n) is 18.7. The average molecular weight is 536 g/mol. The zero-order chi connectivity index (χ0) is 25.9. The predicted octanol–water partition coefficient (Wildman–Crippen LogP) is 6.26. The minimum Gasteiger partial charge on any atom is -0.462 e. The molecule has 2 N–H and O–H groups in total. The normalized spacial score (nSPS) is 10.5. The van der Waals surface area contributed by atoms with Crippen molar-refractivity contribution in [3.8, 4) is 0 Å². The van der Waals surface area contributed by atoms with E-state index in [4.69, 9.17) is 27.9 Å². The summed E-state index contributed by atoms with van der Waals surface area (Å²) in [5.74, 6) is -1.96. The van der Waals surface area contributed by atoms with Crippen LogP contribution in [-0.2, 0) is 4.74 Å². The van der Waals surface area contributed by atoms with E-state index in [1.54, 1.807) is 39.0 Å². The van der Waals surface area contributed by atoms with Crippen LogP contribution in [0.4, 0.5) is 16.4 Å². The summed E-state index contributed by atoms with van der Waals surface area (Å²) in [6.07, 6.45) is 0. The van der Waals surface area contributed by atoms with Crippen LogP contribution in [0.15, 0.2) is 36.4 Å². The summed E-state index contributed by atoms with van der Waals surface area (Å²) in [6.45, 7) is 5.01. The highest BCUT2D eigenvalue weighted by atomic mass is 35.5. The molecule has 3 aromatic rings. The standard InChI is InChI=1S/C23H19Cl2N3O6S/c1-4-34-23(31)18-12(3)19(21(30)26-16-7-5-6-14(24)11(16)2)35-22(18)27-20(29)13-8-9-15(25)17(10-13)28(32)33/h5-10H,4H2,1-3H3,(H,26,30)(H,27,29). The Hall–Kier alpha value is -3.47. The Morgan fingerprint density at radius 2 is 1.74 bits per heavy atom. The summed E-state index contributed by atoms with van der Waals surface area (Å²) in [5.41, 5.74) is 0.989. The van der Waals surface area contributed by atoms with Gasteiger partial charge < -0.3 is 15.4 Å². The fraction of sp³-hybridized carbons (Fsp3) is 0.174. The number of carbonyl (C=O) groups excluding carboxylic acids is 3. The Morgan fingerprint density at radius 3 is 2.40 bits per heavy atom. The SMILES string of the molecule is CCOC(=O)c1c(NC(=O)c2ccc(Cl)c([N+](=O)[O-])c2)sc(C(=O)Nc2cccc(Cl)c2C)c1C. The number of carbonyl (C=O) groups is 3. The van der Waals surface area contributed by atoms with E-state index in [2.05, 4.69) is 10.6 Å². The van der Waals surface area contributed by atoms with E-state index in [1.165, 1.54) is 12.1 Å². The topological polar surface area (TPSA) is 128 Å². The van der Waals surface area contributed by atoms with Crippen molar-refractivity contribution < 1.29 is 24.0 Å². The van der Waals surface area contributed by atoms with Crippen molar-refractivity contribution >= 4 is 68.7 Å². The van der Waals surface area contributed by atoms with Gasteiger partial charge in [-0.15, -0.1) is 11.3 Å². The largest absolute Gasteiger partial charge is 0.462 e. The maximum atomic E-state index is 13.1. The second kappa shape index (κ2) is 10.9. The van der Waals surface area contributed by atoms with E-state index in [0.717, 1.165) is 17.4 Å². The Labute approximate surface area is 214 Å². The summed E-state index contributed by atoms with van der Waals surface area (Å²) >= 11 is 12.8. The van der Waals surface area contributed by atoms with Crippen molar-refractivity contribution in [2.24, 2.45) is 0 Å². The number of hydrogen-bond donors (Lipinski definition) is 2. The molecule has 0 aliphatic rings. The fourth-order valence-electron chi connectivity index (χ4n) is 3.16. The van der Waals surface area contributed by atoms with Crippen LogP contribution in [0.2, 0.25) is 10.0 Å². The molecule has 35 heavy (non-hydrogen) atoms. The van der Waals surface area contributed by atoms with Crippen LogP contribution in [0.25, 0.3) is 0 Å². The number of ether oxygens (including phenoxy) is 1. The molecule has 2 aromatic carbocycles. The maximum absolute atomic E-state index is 13.1. The van der Waals surface area contributed by atoms with Gasteiger partial charge in [0.05, 0.1) is 22.0 Å². The van der Waals surface area contributed by atoms with Gasteiger partial charge in [-0.2, -0.15) is 0 Å². The molecule has 12 heteroatoms. The highest BCUT2D eigenvalue weighted by molar-refractivity contribution is 7.19. The molecule has 0 bridgehead atoms. The van der Waals surface area contributed by atoms with Gasteiger partial charge in [0.2, 0.25) is 0 Å². The Balaban J connectivity index is 1.99. The number of benzene rings is 2. The number of halogens is 2. The van der Waals surface area contributed by atoms with Gasteiger partial charge in [-0.05, 0) is 56.2 Å². The molecule has 1 aromatic heterocycles. The molecule has 0 aliphatic heterocycles. The lowest BCUT2D eigenvalue weighted by Crippen LogP contribution is -2.15. The minimum atomic E-state index is -0.728. The molecular weight excluding hydrogens is 517 g/mol. The molecule has 0 aliphatic carbocycles. The highest BCUT2D eigenvalue weighted by Gasteiger charge is 2.28. The Kier molecular flexibility index (Phi) is 8.11. The first-order valence-electron chi connectivity index (χ1n) is 10.2. The van der Waals surface area contributed by atoms with Gasteiger partial charge in [0.25, 0.3) is 17.5 Å². The van der Waals surface area contributed by atoms with Gasteiger partial charge in [-0.3, -0.25) is 19.7 Å². The van der Waals surface area contributed by atoms with Crippen molar-refractivity contribution in [2.75, 3.05) is 17.2 Å². The first-order chi connectivity index (χ1) is 16.5. The fourth-order valence-corrected chi connectivity index (χ4v) is 4.60. The first-order valence-corrected chi connectivity index (χ1v) is 11.7. The summed E-state index contributed by atoms with van der Waals surface area (Å²) in [6, 6.07) is 8.63. The molecule has 3 rings (SSSR count). The van der Waals surface area contributed by atoms with Crippen LogP contribution in [0, 0.1) is 24.0 Å². The van der Waals surface area contributed by atoms with Crippen molar-refractivity contribution in [1.82, 2.24) is 0 Å². The number of hydrogen-bond acceptors (Lipinski definition) is 7. The number of amides is 2. The quantitative estimate of drug-likeness (QED) is 0.208. The second-order valence-electron chi connectivity index (χ2n) is 7.22. The summed E-state index contributed by atoms with van der Waals surface area (Å²) < 4.78 is 5.11. The smallest absolute Gasteiger partial charge is 0.341 e. The number of nitrogens with zero attached hydrogens (tertiary/aromatic N) is 1. The Morgan fingerprint density at radius 1 is 1.03 bits per heavy atom. The van der Waals surface area contributed by atoms with Crippen LogP contribution in [0.5, 0.6) is 0 Å². The zero-order valence-corrected chi connectivity index (χ0v) is 21.1. The predicted molar refractivity (Wildman–Crippen MR) is 135 cm³/mol. The van der Waals surface area contributed by atoms with Crippen LogP contribution < -0.4 is 10.6 Å². The lowest BCUT2D eigenvalue weighted by atomic mass is 10.1. The van der Waals surface area contributed by atoms with Crippen LogP contribution in [0.1, 0.15) is 48.4 Å². The molecule has 2 amide bonds. The monoisotopic (exact) mass is 535 g/mol. The maximum Gasteiger partial charge on any atom is 0.341 e. The van der Waals surface area contributed by atoms with E-state index < -0.39 is 28.4 Å². The van der Waals surface area contributed by atoms with E-state index >= 15 is 0 Å². The third kappa shape index (κ3) is 5.61. The molecular formula is C23H19Cl2N3O6S. The minimum absolute atomic E-state index is 0.0154. The Bertz CT molecular complexity index is 1360. The van der Waals surface area contributed by atoms with Crippen LogP contribution in [-0.4, -0.2) is 29.3 Å². The van der Waals surface area contributed by atoms with E-state index in [-0.39, 0.29) is 32.6 Å². The third-order valence-corrected chi connectivity index (χ3v) is 6.92. The van der Waals surface area contributed by atoms with Gasteiger partial charge in [-0.25, -0.2) is 4.79 Å². The van der Waals surface area contributed by atoms with Crippen molar-refractivity contribution in [2.45, 2.75) is 20.8 Å². The van der Waals surface area contributed by atoms with Gasteiger partial charge in [0.15, 0.2) is 0 Å². The molecule has 0 unspecified atom stereocenters. The molecule has 0 saturated heterocycles. The van der Waals surface area contributed by atoms with Gasteiger partial charge in [0.1, 0.15) is 10.0 Å². The first kappa shape index (κ1) is 26.1. The van der Waals surface area contributed by atoms with Crippen LogP contribution >= 0.6 is 34.5 Å². The number of nitro benzene ring substituents is 1. The van der Waals surface area contributed by atoms with E-state index in [1.807, 2.05) is 0 Å². The molecule has 0 radical (unpaired) electrons. The average Bonchev–Trinajstić information content (AvgIpc) is 3.12. The summed E-state index contributed by atoms with van der Waals surface area (Å²) in [7, 11) is 0. The number of rotatable bonds is 7. The lowest BCUT2D eigenvalue weighted by Gasteiger charge is -2.09. The van der Waals surface area contributed by atoms with E-state index in [0.29, 0.717) is 21.8 Å². The molecule has 182 valence electrons. The molecule has 0 atom stereocenters. The molecule has 0 spiro atoms. The van der Waals surface area contributed by atoms with Crippen LogP contribution in [0.3, 0.4) is 0 Å². The molecule has 0 saturated carbocycles.